The minimum atomic E-state index is -0.529. The van der Waals surface area contributed by atoms with E-state index in [9.17, 15) is 4.79 Å². The van der Waals surface area contributed by atoms with E-state index in [0.29, 0.717) is 24.3 Å². The van der Waals surface area contributed by atoms with E-state index in [4.69, 9.17) is 15.5 Å². The summed E-state index contributed by atoms with van der Waals surface area (Å²) in [6, 6.07) is 14.7. The summed E-state index contributed by atoms with van der Waals surface area (Å²) < 4.78 is 6.37. The standard InChI is InChI=1S/C45H61N5O2/c1-40(2)19-21-45(39(51)52-27-28-13-11-10-12-14-28)22-20-44(7)36(32(45)25-40)30(29-15-16-35(47-26-29)50(8)9)23-34-42(5)24-31-37(48-49-38(31)46)41(3,4)33(42)17-18-43(34,44)6/h10-16,26,32-34H,17-25,27H2,1-9H3,(H3,46,48,49)/t32-,33-,34?,42-,43+,44+,45-/m0/s1. The predicted molar refractivity (Wildman–Crippen MR) is 209 cm³/mol. The molecule has 2 heterocycles. The van der Waals surface area contributed by atoms with E-state index < -0.39 is 5.41 Å². The maximum absolute atomic E-state index is 14.8. The van der Waals surface area contributed by atoms with Crippen molar-refractivity contribution in [3.05, 3.63) is 76.6 Å². The third kappa shape index (κ3) is 4.92. The fourth-order valence-electron chi connectivity index (χ4n) is 13.1. The molecule has 5 aliphatic rings. The number of fused-ring (bicyclic) bond motifs is 8. The highest BCUT2D eigenvalue weighted by molar-refractivity contribution is 5.81. The van der Waals surface area contributed by atoms with Crippen molar-refractivity contribution >= 4 is 23.2 Å². The van der Waals surface area contributed by atoms with Crippen LogP contribution in [0.1, 0.15) is 122 Å². The van der Waals surface area contributed by atoms with E-state index in [0.717, 1.165) is 56.3 Å². The Bertz CT molecular complexity index is 1910. The number of nitrogen functional groups attached to an aromatic ring is 1. The fourth-order valence-corrected chi connectivity index (χ4v) is 13.1. The van der Waals surface area contributed by atoms with Gasteiger partial charge >= 0.3 is 5.97 Å². The summed E-state index contributed by atoms with van der Waals surface area (Å²) >= 11 is 0. The zero-order valence-corrected chi connectivity index (χ0v) is 33.2. The Morgan fingerprint density at radius 3 is 2.37 bits per heavy atom. The van der Waals surface area contributed by atoms with Crippen LogP contribution in [0.4, 0.5) is 11.6 Å². The minimum absolute atomic E-state index is 0.00627. The number of H-pyrrole nitrogens is 1. The van der Waals surface area contributed by atoms with Crippen LogP contribution in [0.3, 0.4) is 0 Å². The van der Waals surface area contributed by atoms with E-state index in [-0.39, 0.29) is 39.0 Å². The molecule has 1 unspecified atom stereocenters. The Labute approximate surface area is 311 Å². The summed E-state index contributed by atoms with van der Waals surface area (Å²) in [4.78, 5) is 21.9. The molecule has 1 aromatic carbocycles. The number of ether oxygens (including phenoxy) is 1. The lowest BCUT2D eigenvalue weighted by molar-refractivity contribution is -0.181. The van der Waals surface area contributed by atoms with Crippen LogP contribution < -0.4 is 10.6 Å². The van der Waals surface area contributed by atoms with E-state index in [2.05, 4.69) is 108 Å². The molecule has 0 radical (unpaired) electrons. The molecule has 0 spiro atoms. The summed E-state index contributed by atoms with van der Waals surface area (Å²) in [6.07, 6.45) is 11.2. The van der Waals surface area contributed by atoms with Gasteiger partial charge in [-0.15, -0.1) is 0 Å². The van der Waals surface area contributed by atoms with Crippen LogP contribution in [0, 0.1) is 44.8 Å². The normalized spacial score (nSPS) is 35.7. The third-order valence-electron chi connectivity index (χ3n) is 16.1. The van der Waals surface area contributed by atoms with Gasteiger partial charge in [-0.1, -0.05) is 84.4 Å². The number of nitrogens with one attached hydrogen (secondary N) is 1. The number of aromatic nitrogens is 3. The second-order valence-electron chi connectivity index (χ2n) is 19.8. The number of carbonyl (C=O) groups is 1. The van der Waals surface area contributed by atoms with Crippen molar-refractivity contribution in [2.75, 3.05) is 24.7 Å². The van der Waals surface area contributed by atoms with Gasteiger partial charge in [-0.3, -0.25) is 9.89 Å². The lowest BCUT2D eigenvalue weighted by atomic mass is 9.33. The van der Waals surface area contributed by atoms with Crippen molar-refractivity contribution in [1.29, 1.82) is 0 Å². The Kier molecular flexibility index (Phi) is 7.97. The predicted octanol–water partition coefficient (Wildman–Crippen LogP) is 9.54. The first kappa shape index (κ1) is 35.4. The monoisotopic (exact) mass is 703 g/mol. The Hall–Kier alpha value is -3.61. The number of rotatable bonds is 5. The highest BCUT2D eigenvalue weighted by Crippen LogP contribution is 2.77. The summed E-state index contributed by atoms with van der Waals surface area (Å²) in [5.74, 6) is 2.66. The zero-order chi connectivity index (χ0) is 37.1. The summed E-state index contributed by atoms with van der Waals surface area (Å²) in [6.45, 7) is 17.8. The van der Waals surface area contributed by atoms with Crippen molar-refractivity contribution in [1.82, 2.24) is 15.2 Å². The smallest absolute Gasteiger partial charge is 0.313 e. The molecule has 0 amide bonds. The lowest BCUT2D eigenvalue weighted by Crippen LogP contribution is -2.65. The van der Waals surface area contributed by atoms with Gasteiger partial charge in [0.25, 0.3) is 0 Å². The molecule has 7 heteroatoms. The quantitative estimate of drug-likeness (QED) is 0.257. The van der Waals surface area contributed by atoms with E-state index in [1.165, 1.54) is 35.2 Å². The zero-order valence-electron chi connectivity index (χ0n) is 33.2. The maximum atomic E-state index is 14.8. The molecule has 2 aromatic heterocycles. The Balaban J connectivity index is 1.31. The number of pyridine rings is 1. The van der Waals surface area contributed by atoms with Gasteiger partial charge < -0.3 is 15.4 Å². The van der Waals surface area contributed by atoms with Gasteiger partial charge in [0.1, 0.15) is 18.2 Å². The number of carbonyl (C=O) groups excluding carboxylic acids is 1. The molecule has 3 saturated carbocycles. The van der Waals surface area contributed by atoms with Crippen molar-refractivity contribution in [3.63, 3.8) is 0 Å². The third-order valence-corrected chi connectivity index (χ3v) is 16.1. The van der Waals surface area contributed by atoms with Gasteiger partial charge in [-0.2, -0.15) is 5.10 Å². The van der Waals surface area contributed by atoms with E-state index in [1.807, 2.05) is 18.2 Å². The Morgan fingerprint density at radius 2 is 1.67 bits per heavy atom. The maximum Gasteiger partial charge on any atom is 0.313 e. The van der Waals surface area contributed by atoms with Crippen LogP contribution >= 0.6 is 0 Å². The topological polar surface area (TPSA) is 97.1 Å². The average molecular weight is 704 g/mol. The second-order valence-corrected chi connectivity index (χ2v) is 19.8. The highest BCUT2D eigenvalue weighted by Gasteiger charge is 2.70. The molecule has 278 valence electrons. The molecule has 3 fully saturated rings. The van der Waals surface area contributed by atoms with Crippen LogP contribution in [-0.4, -0.2) is 35.2 Å². The van der Waals surface area contributed by atoms with Gasteiger partial charge in [0.2, 0.25) is 0 Å². The molecule has 8 rings (SSSR count). The number of hydrogen-bond acceptors (Lipinski definition) is 6. The molecule has 7 nitrogen and oxygen atoms in total. The fraction of sp³-hybridized carbons (Fsp3) is 0.622. The molecular formula is C45H61N5O2. The van der Waals surface area contributed by atoms with Crippen molar-refractivity contribution < 1.29 is 9.53 Å². The van der Waals surface area contributed by atoms with Gasteiger partial charge in [-0.05, 0) is 126 Å². The molecule has 52 heavy (non-hydrogen) atoms. The number of hydrogen-bond donors (Lipinski definition) is 2. The lowest BCUT2D eigenvalue weighted by Gasteiger charge is -2.71. The Morgan fingerprint density at radius 1 is 0.942 bits per heavy atom. The van der Waals surface area contributed by atoms with Crippen molar-refractivity contribution in [2.24, 2.45) is 44.8 Å². The van der Waals surface area contributed by atoms with Gasteiger partial charge in [0, 0.05) is 37.0 Å². The molecule has 5 aliphatic carbocycles. The van der Waals surface area contributed by atoms with Gasteiger partial charge in [0.05, 0.1) is 5.41 Å². The minimum Gasteiger partial charge on any atom is -0.460 e. The van der Waals surface area contributed by atoms with E-state index >= 15 is 0 Å². The van der Waals surface area contributed by atoms with Crippen molar-refractivity contribution in [3.8, 4) is 0 Å². The number of benzene rings is 1. The SMILES string of the molecule is CN(C)c1ccc(C2=C3[C@@H]4CC(C)(C)CC[C@]4(C(=O)OCc4ccccc4)CC[C@@]3(C)[C@]3(C)CC[C@H]4C(C)(C)c5[nH]nc(N)c5C[C@]4(C)C3C2)cn1. The molecule has 3 aromatic rings. The molecule has 0 aliphatic heterocycles. The number of nitrogens with zero attached hydrogens (tertiary/aromatic N) is 3. The molecular weight excluding hydrogens is 643 g/mol. The number of aromatic amines is 1. The van der Waals surface area contributed by atoms with Crippen LogP contribution in [-0.2, 0) is 28.0 Å². The number of allylic oxidation sites excluding steroid dienone is 2. The van der Waals surface area contributed by atoms with Crippen LogP contribution in [0.15, 0.2) is 54.2 Å². The number of nitrogens with two attached hydrogens (primary N) is 1. The van der Waals surface area contributed by atoms with Crippen LogP contribution in [0.2, 0.25) is 0 Å². The van der Waals surface area contributed by atoms with Crippen LogP contribution in [0.5, 0.6) is 0 Å². The summed E-state index contributed by atoms with van der Waals surface area (Å²) in [5, 5.41) is 7.96. The highest BCUT2D eigenvalue weighted by atomic mass is 16.5. The van der Waals surface area contributed by atoms with Gasteiger partial charge in [-0.25, -0.2) is 4.98 Å². The van der Waals surface area contributed by atoms with E-state index in [1.54, 1.807) is 5.57 Å². The largest absolute Gasteiger partial charge is 0.460 e. The first-order chi connectivity index (χ1) is 24.5. The molecule has 0 saturated heterocycles. The average Bonchev–Trinajstić information content (AvgIpc) is 3.47. The van der Waals surface area contributed by atoms with Crippen molar-refractivity contribution in [2.45, 2.75) is 118 Å². The molecule has 0 bridgehead atoms. The molecule has 3 N–H and O–H groups in total. The number of anilines is 2. The second kappa shape index (κ2) is 11.7. The van der Waals surface area contributed by atoms with Gasteiger partial charge in [0.15, 0.2) is 0 Å². The summed E-state index contributed by atoms with van der Waals surface area (Å²) in [7, 11) is 4.11. The first-order valence-electron chi connectivity index (χ1n) is 19.9. The molecule has 7 atom stereocenters. The van der Waals surface area contributed by atoms with Crippen LogP contribution in [0.25, 0.3) is 5.57 Å². The first-order valence-corrected chi connectivity index (χ1v) is 19.9. The number of esters is 1. The summed E-state index contributed by atoms with van der Waals surface area (Å²) in [5.41, 5.74) is 13.9.